The number of carbonyl (C=O) groups excluding carboxylic acids is 1. The second-order valence-electron chi connectivity index (χ2n) is 4.19. The number of nitrogens with zero attached hydrogens (tertiary/aromatic N) is 2. The van der Waals surface area contributed by atoms with Gasteiger partial charge in [-0.25, -0.2) is 9.97 Å². The first-order valence-corrected chi connectivity index (χ1v) is 6.06. The lowest BCUT2D eigenvalue weighted by molar-refractivity contribution is 0.0940. The summed E-state index contributed by atoms with van der Waals surface area (Å²) in [5, 5.41) is 2.73. The van der Waals surface area contributed by atoms with Gasteiger partial charge in [-0.2, -0.15) is 0 Å². The normalized spacial score (nSPS) is 10.7. The molecule has 0 atom stereocenters. The molecule has 2 aromatic heterocycles. The fourth-order valence-electron chi connectivity index (χ4n) is 1.89. The highest BCUT2D eigenvalue weighted by molar-refractivity contribution is 5.90. The highest BCUT2D eigenvalue weighted by Crippen LogP contribution is 2.18. The average molecular weight is 271 g/mol. The molecule has 0 fully saturated rings. The largest absolute Gasteiger partial charge is 0.497 e. The fourth-order valence-corrected chi connectivity index (χ4v) is 1.89. The Bertz CT molecular complexity index is 732. The Morgan fingerprint density at radius 1 is 1.45 bits per heavy atom. The summed E-state index contributed by atoms with van der Waals surface area (Å²) < 4.78 is 5.15. The Hall–Kier alpha value is -2.83. The van der Waals surface area contributed by atoms with Crippen LogP contribution in [0.1, 0.15) is 16.4 Å². The van der Waals surface area contributed by atoms with Gasteiger partial charge in [-0.3, -0.25) is 4.79 Å². The van der Waals surface area contributed by atoms with Crippen LogP contribution in [0.15, 0.2) is 30.6 Å². The summed E-state index contributed by atoms with van der Waals surface area (Å²) in [6, 6.07) is 5.57. The van der Waals surface area contributed by atoms with Crippen LogP contribution >= 0.6 is 0 Å². The Morgan fingerprint density at radius 2 is 2.35 bits per heavy atom. The van der Waals surface area contributed by atoms with E-state index in [-0.39, 0.29) is 11.7 Å². The van der Waals surface area contributed by atoms with Gasteiger partial charge in [-0.1, -0.05) is 0 Å². The maximum atomic E-state index is 11.7. The number of aromatic amines is 2. The van der Waals surface area contributed by atoms with E-state index >= 15 is 0 Å². The summed E-state index contributed by atoms with van der Waals surface area (Å²) in [5.74, 6) is 1.44. The molecule has 3 aromatic rings. The average Bonchev–Trinajstić information content (AvgIpc) is 3.12. The molecule has 102 valence electrons. The summed E-state index contributed by atoms with van der Waals surface area (Å²) in [6.07, 6.45) is 3.13. The van der Waals surface area contributed by atoms with Gasteiger partial charge >= 0.3 is 0 Å². The lowest BCUT2D eigenvalue weighted by atomic mass is 10.3. The van der Waals surface area contributed by atoms with Crippen molar-refractivity contribution >= 4 is 16.9 Å². The first-order valence-electron chi connectivity index (χ1n) is 6.06. The number of H-pyrrole nitrogens is 2. The molecule has 0 saturated heterocycles. The Kier molecular flexibility index (Phi) is 3.08. The van der Waals surface area contributed by atoms with E-state index in [2.05, 4.69) is 25.3 Å². The molecule has 20 heavy (non-hydrogen) atoms. The van der Waals surface area contributed by atoms with E-state index < -0.39 is 0 Å². The highest BCUT2D eigenvalue weighted by atomic mass is 16.5. The third-order valence-electron chi connectivity index (χ3n) is 2.87. The number of fused-ring (bicyclic) bond motifs is 1. The van der Waals surface area contributed by atoms with Gasteiger partial charge in [-0.15, -0.1) is 0 Å². The molecule has 0 unspecified atom stereocenters. The van der Waals surface area contributed by atoms with E-state index in [0.29, 0.717) is 12.4 Å². The second kappa shape index (κ2) is 5.04. The van der Waals surface area contributed by atoms with Gasteiger partial charge in [0.05, 0.1) is 24.7 Å². The zero-order valence-corrected chi connectivity index (χ0v) is 10.8. The molecule has 7 heteroatoms. The molecule has 0 bridgehead atoms. The summed E-state index contributed by atoms with van der Waals surface area (Å²) in [4.78, 5) is 25.9. The number of nitrogens with one attached hydrogen (secondary N) is 3. The van der Waals surface area contributed by atoms with E-state index in [4.69, 9.17) is 4.74 Å². The number of amides is 1. The molecule has 0 saturated carbocycles. The predicted molar refractivity (Wildman–Crippen MR) is 72.4 cm³/mol. The number of imidazole rings is 2. The molecular formula is C13H13N5O2. The zero-order valence-electron chi connectivity index (χ0n) is 10.8. The SMILES string of the molecule is COc1ccc2nc(CNC(=O)c3ncc[nH]3)[nH]c2c1. The number of hydrogen-bond acceptors (Lipinski definition) is 4. The molecule has 1 amide bonds. The Labute approximate surface area is 114 Å². The Balaban J connectivity index is 1.73. The maximum absolute atomic E-state index is 11.7. The van der Waals surface area contributed by atoms with Gasteiger partial charge in [0.1, 0.15) is 11.6 Å². The van der Waals surface area contributed by atoms with Gasteiger partial charge in [0.15, 0.2) is 5.82 Å². The van der Waals surface area contributed by atoms with Crippen molar-refractivity contribution in [2.45, 2.75) is 6.54 Å². The second-order valence-corrected chi connectivity index (χ2v) is 4.19. The minimum absolute atomic E-state index is 0.270. The van der Waals surface area contributed by atoms with Crippen LogP contribution in [0.4, 0.5) is 0 Å². The van der Waals surface area contributed by atoms with Crippen LogP contribution in [-0.4, -0.2) is 33.0 Å². The Morgan fingerprint density at radius 3 is 3.10 bits per heavy atom. The van der Waals surface area contributed by atoms with Crippen molar-refractivity contribution in [2.24, 2.45) is 0 Å². The summed E-state index contributed by atoms with van der Waals surface area (Å²) in [7, 11) is 1.61. The van der Waals surface area contributed by atoms with Crippen molar-refractivity contribution in [3.05, 3.63) is 42.2 Å². The van der Waals surface area contributed by atoms with E-state index in [0.717, 1.165) is 16.8 Å². The lowest BCUT2D eigenvalue weighted by Gasteiger charge is -1.99. The fraction of sp³-hybridized carbons (Fsp3) is 0.154. The summed E-state index contributed by atoms with van der Waals surface area (Å²) >= 11 is 0. The van der Waals surface area contributed by atoms with Gasteiger partial charge in [0, 0.05) is 18.5 Å². The maximum Gasteiger partial charge on any atom is 0.287 e. The van der Waals surface area contributed by atoms with Gasteiger partial charge in [0.25, 0.3) is 5.91 Å². The molecule has 1 aromatic carbocycles. The smallest absolute Gasteiger partial charge is 0.287 e. The number of ether oxygens (including phenoxy) is 1. The molecular weight excluding hydrogens is 258 g/mol. The molecule has 0 aliphatic carbocycles. The molecule has 3 rings (SSSR count). The van der Waals surface area contributed by atoms with Crippen molar-refractivity contribution in [2.75, 3.05) is 7.11 Å². The molecule has 0 aliphatic rings. The first kappa shape index (κ1) is 12.2. The third-order valence-corrected chi connectivity index (χ3v) is 2.87. The highest BCUT2D eigenvalue weighted by Gasteiger charge is 2.09. The first-order chi connectivity index (χ1) is 9.76. The van der Waals surface area contributed by atoms with E-state index in [1.807, 2.05) is 18.2 Å². The van der Waals surface area contributed by atoms with Gasteiger partial charge in [-0.05, 0) is 12.1 Å². The minimum Gasteiger partial charge on any atom is -0.497 e. The quantitative estimate of drug-likeness (QED) is 0.665. The van der Waals surface area contributed by atoms with Crippen LogP contribution in [0.5, 0.6) is 5.75 Å². The van der Waals surface area contributed by atoms with E-state index in [1.54, 1.807) is 13.3 Å². The number of hydrogen-bond donors (Lipinski definition) is 3. The summed E-state index contributed by atoms with van der Waals surface area (Å²) in [6.45, 7) is 0.302. The lowest BCUT2D eigenvalue weighted by Crippen LogP contribution is -2.24. The van der Waals surface area contributed by atoms with Gasteiger partial charge in [0.2, 0.25) is 0 Å². The van der Waals surface area contributed by atoms with Crippen molar-refractivity contribution in [1.29, 1.82) is 0 Å². The molecule has 0 spiro atoms. The van der Waals surface area contributed by atoms with Crippen LogP contribution < -0.4 is 10.1 Å². The number of aromatic nitrogens is 4. The van der Waals surface area contributed by atoms with Crippen LogP contribution in [0.2, 0.25) is 0 Å². The number of benzene rings is 1. The van der Waals surface area contributed by atoms with Crippen LogP contribution in [0.3, 0.4) is 0 Å². The standard InChI is InChI=1S/C13H13N5O2/c1-20-8-2-3-9-10(6-8)18-11(17-9)7-16-13(19)12-14-4-5-15-12/h2-6H,7H2,1H3,(H,14,15)(H,16,19)(H,17,18). The molecule has 3 N–H and O–H groups in total. The summed E-state index contributed by atoms with van der Waals surface area (Å²) in [5.41, 5.74) is 1.69. The number of rotatable bonds is 4. The van der Waals surface area contributed by atoms with Crippen molar-refractivity contribution in [3.63, 3.8) is 0 Å². The van der Waals surface area contributed by atoms with Crippen LogP contribution in [0, 0.1) is 0 Å². The number of carbonyl (C=O) groups is 1. The molecule has 7 nitrogen and oxygen atoms in total. The van der Waals surface area contributed by atoms with Crippen molar-refractivity contribution in [1.82, 2.24) is 25.3 Å². The predicted octanol–water partition coefficient (Wildman–Crippen LogP) is 1.22. The van der Waals surface area contributed by atoms with E-state index in [1.165, 1.54) is 6.20 Å². The molecule has 2 heterocycles. The monoisotopic (exact) mass is 271 g/mol. The van der Waals surface area contributed by atoms with Crippen molar-refractivity contribution in [3.8, 4) is 5.75 Å². The van der Waals surface area contributed by atoms with E-state index in [9.17, 15) is 4.79 Å². The van der Waals surface area contributed by atoms with Crippen molar-refractivity contribution < 1.29 is 9.53 Å². The molecule has 0 aliphatic heterocycles. The minimum atomic E-state index is -0.270. The molecule has 0 radical (unpaired) electrons. The topological polar surface area (TPSA) is 95.7 Å². The third kappa shape index (κ3) is 2.33. The van der Waals surface area contributed by atoms with Gasteiger partial charge < -0.3 is 20.0 Å². The van der Waals surface area contributed by atoms with Crippen LogP contribution in [0.25, 0.3) is 11.0 Å². The zero-order chi connectivity index (χ0) is 13.9. The number of methoxy groups -OCH3 is 1. The van der Waals surface area contributed by atoms with Crippen LogP contribution in [-0.2, 0) is 6.54 Å².